The lowest BCUT2D eigenvalue weighted by Crippen LogP contribution is -2.14. The highest BCUT2D eigenvalue weighted by molar-refractivity contribution is 5.48. The number of benzene rings is 1. The fraction of sp³-hybridized carbons (Fsp3) is 0.357. The molecule has 108 valence electrons. The van der Waals surface area contributed by atoms with Gasteiger partial charge in [-0.2, -0.15) is 18.3 Å². The quantitative estimate of drug-likeness (QED) is 0.865. The van der Waals surface area contributed by atoms with Gasteiger partial charge in [0.2, 0.25) is 0 Å². The third kappa shape index (κ3) is 2.79. The van der Waals surface area contributed by atoms with Gasteiger partial charge in [-0.15, -0.1) is 0 Å². The molecule has 0 unspecified atom stereocenters. The first-order valence-corrected chi connectivity index (χ1v) is 6.12. The second-order valence-electron chi connectivity index (χ2n) is 5.68. The molecule has 0 saturated carbocycles. The highest BCUT2D eigenvalue weighted by atomic mass is 19.4. The summed E-state index contributed by atoms with van der Waals surface area (Å²) in [5.74, 6) is 0. The zero-order valence-electron chi connectivity index (χ0n) is 11.5. The molecule has 2 N–H and O–H groups in total. The maximum atomic E-state index is 12.7. The number of halogens is 3. The summed E-state index contributed by atoms with van der Waals surface area (Å²) < 4.78 is 39.5. The van der Waals surface area contributed by atoms with E-state index in [0.29, 0.717) is 17.1 Å². The van der Waals surface area contributed by atoms with Crippen LogP contribution in [0.1, 0.15) is 32.0 Å². The van der Waals surface area contributed by atoms with Crippen molar-refractivity contribution in [2.45, 2.75) is 32.4 Å². The number of hydrogen-bond acceptors (Lipinski definition) is 2. The summed E-state index contributed by atoms with van der Waals surface area (Å²) in [6.07, 6.45) is -2.84. The van der Waals surface area contributed by atoms with Crippen LogP contribution in [0.2, 0.25) is 0 Å². The van der Waals surface area contributed by atoms with Crippen LogP contribution in [-0.4, -0.2) is 9.78 Å². The predicted octanol–water partition coefficient (Wildman–Crippen LogP) is 3.77. The average molecular weight is 283 g/mol. The summed E-state index contributed by atoms with van der Waals surface area (Å²) in [5, 5.41) is 4.30. The fourth-order valence-corrected chi connectivity index (χ4v) is 1.93. The van der Waals surface area contributed by atoms with Gasteiger partial charge in [0.25, 0.3) is 0 Å². The van der Waals surface area contributed by atoms with Crippen LogP contribution in [0.5, 0.6) is 0 Å². The van der Waals surface area contributed by atoms with Gasteiger partial charge < -0.3 is 5.73 Å². The topological polar surface area (TPSA) is 43.8 Å². The lowest BCUT2D eigenvalue weighted by molar-refractivity contribution is -0.137. The summed E-state index contributed by atoms with van der Waals surface area (Å²) in [5.41, 5.74) is 6.37. The summed E-state index contributed by atoms with van der Waals surface area (Å²) >= 11 is 0. The Morgan fingerprint density at radius 3 is 2.30 bits per heavy atom. The molecule has 1 aromatic carbocycles. The van der Waals surface area contributed by atoms with Crippen LogP contribution in [-0.2, 0) is 11.6 Å². The molecule has 0 saturated heterocycles. The Hall–Kier alpha value is -1.98. The minimum absolute atomic E-state index is 0.267. The molecule has 0 atom stereocenters. The molecule has 0 spiro atoms. The van der Waals surface area contributed by atoms with E-state index < -0.39 is 11.7 Å². The SMILES string of the molecule is CC(C)(C)c1nn(-c2cccc(C(F)(F)F)c2)cc1N. The van der Waals surface area contributed by atoms with Crippen LogP contribution in [0.4, 0.5) is 18.9 Å². The lowest BCUT2D eigenvalue weighted by atomic mass is 9.92. The first-order valence-electron chi connectivity index (χ1n) is 6.12. The van der Waals surface area contributed by atoms with Crippen LogP contribution in [0.3, 0.4) is 0 Å². The van der Waals surface area contributed by atoms with E-state index in [2.05, 4.69) is 5.10 Å². The Labute approximate surface area is 115 Å². The molecule has 20 heavy (non-hydrogen) atoms. The van der Waals surface area contributed by atoms with Gasteiger partial charge in [-0.3, -0.25) is 0 Å². The number of nitrogens with zero attached hydrogens (tertiary/aromatic N) is 2. The van der Waals surface area contributed by atoms with E-state index in [9.17, 15) is 13.2 Å². The molecular weight excluding hydrogens is 267 g/mol. The van der Waals surface area contributed by atoms with E-state index in [0.717, 1.165) is 12.1 Å². The molecule has 0 fully saturated rings. The number of nitrogen functional groups attached to an aromatic ring is 1. The van der Waals surface area contributed by atoms with Gasteiger partial charge in [0.1, 0.15) is 0 Å². The maximum Gasteiger partial charge on any atom is 0.416 e. The maximum absolute atomic E-state index is 12.7. The molecule has 0 amide bonds. The predicted molar refractivity (Wildman–Crippen MR) is 71.7 cm³/mol. The number of rotatable bonds is 1. The van der Waals surface area contributed by atoms with Gasteiger partial charge >= 0.3 is 6.18 Å². The van der Waals surface area contributed by atoms with Crippen molar-refractivity contribution < 1.29 is 13.2 Å². The monoisotopic (exact) mass is 283 g/mol. The van der Waals surface area contributed by atoms with Crippen molar-refractivity contribution in [3.63, 3.8) is 0 Å². The molecule has 1 heterocycles. The molecule has 0 aliphatic heterocycles. The zero-order chi connectivity index (χ0) is 15.1. The van der Waals surface area contributed by atoms with Gasteiger partial charge in [0.15, 0.2) is 0 Å². The second-order valence-corrected chi connectivity index (χ2v) is 5.68. The molecule has 0 radical (unpaired) electrons. The highest BCUT2D eigenvalue weighted by Crippen LogP contribution is 2.31. The summed E-state index contributed by atoms with van der Waals surface area (Å²) in [4.78, 5) is 0. The van der Waals surface area contributed by atoms with Crippen molar-refractivity contribution >= 4 is 5.69 Å². The van der Waals surface area contributed by atoms with Crippen LogP contribution < -0.4 is 5.73 Å². The van der Waals surface area contributed by atoms with Crippen molar-refractivity contribution in [1.29, 1.82) is 0 Å². The summed E-state index contributed by atoms with van der Waals surface area (Å²) in [6, 6.07) is 5.00. The lowest BCUT2D eigenvalue weighted by Gasteiger charge is -2.15. The standard InChI is InChI=1S/C14H16F3N3/c1-13(2,3)12-11(18)8-20(19-12)10-6-4-5-9(7-10)14(15,16)17/h4-8H,18H2,1-3H3. The first kappa shape index (κ1) is 14.4. The number of anilines is 1. The number of hydrogen-bond donors (Lipinski definition) is 1. The third-order valence-electron chi connectivity index (χ3n) is 2.89. The molecule has 3 nitrogen and oxygen atoms in total. The Bertz CT molecular complexity index is 621. The van der Waals surface area contributed by atoms with Gasteiger partial charge in [-0.05, 0) is 18.2 Å². The highest BCUT2D eigenvalue weighted by Gasteiger charge is 2.30. The van der Waals surface area contributed by atoms with E-state index in [1.54, 1.807) is 6.07 Å². The van der Waals surface area contributed by atoms with Crippen molar-refractivity contribution in [1.82, 2.24) is 9.78 Å². The molecular formula is C14H16F3N3. The summed E-state index contributed by atoms with van der Waals surface area (Å²) in [7, 11) is 0. The van der Waals surface area contributed by atoms with Crippen LogP contribution in [0, 0.1) is 0 Å². The van der Waals surface area contributed by atoms with E-state index in [1.165, 1.54) is 16.9 Å². The number of nitrogens with two attached hydrogens (primary N) is 1. The largest absolute Gasteiger partial charge is 0.416 e. The number of aromatic nitrogens is 2. The van der Waals surface area contributed by atoms with Crippen molar-refractivity contribution in [2.75, 3.05) is 5.73 Å². The van der Waals surface area contributed by atoms with Crippen LogP contribution in [0.15, 0.2) is 30.5 Å². The van der Waals surface area contributed by atoms with E-state index >= 15 is 0 Å². The third-order valence-corrected chi connectivity index (χ3v) is 2.89. The normalized spacial score (nSPS) is 12.7. The van der Waals surface area contributed by atoms with Crippen LogP contribution in [0.25, 0.3) is 5.69 Å². The van der Waals surface area contributed by atoms with Gasteiger partial charge in [-0.1, -0.05) is 26.8 Å². The van der Waals surface area contributed by atoms with Crippen LogP contribution >= 0.6 is 0 Å². The Kier molecular flexibility index (Phi) is 3.28. The Balaban J connectivity index is 2.48. The fourth-order valence-electron chi connectivity index (χ4n) is 1.93. The molecule has 2 rings (SSSR count). The molecule has 0 bridgehead atoms. The van der Waals surface area contributed by atoms with Gasteiger partial charge in [-0.25, -0.2) is 4.68 Å². The molecule has 0 aliphatic carbocycles. The second kappa shape index (κ2) is 4.54. The van der Waals surface area contributed by atoms with Gasteiger partial charge in [0.05, 0.1) is 28.8 Å². The average Bonchev–Trinajstić information content (AvgIpc) is 2.70. The molecule has 6 heteroatoms. The minimum atomic E-state index is -4.37. The smallest absolute Gasteiger partial charge is 0.396 e. The number of alkyl halides is 3. The van der Waals surface area contributed by atoms with E-state index in [-0.39, 0.29) is 5.41 Å². The Morgan fingerprint density at radius 2 is 1.80 bits per heavy atom. The van der Waals surface area contributed by atoms with Gasteiger partial charge in [0, 0.05) is 5.41 Å². The van der Waals surface area contributed by atoms with E-state index in [1.807, 2.05) is 20.8 Å². The van der Waals surface area contributed by atoms with E-state index in [4.69, 9.17) is 5.73 Å². The molecule has 1 aromatic heterocycles. The minimum Gasteiger partial charge on any atom is -0.396 e. The zero-order valence-corrected chi connectivity index (χ0v) is 11.5. The van der Waals surface area contributed by atoms with Crippen molar-refractivity contribution in [3.8, 4) is 5.69 Å². The van der Waals surface area contributed by atoms with Crippen molar-refractivity contribution in [3.05, 3.63) is 41.7 Å². The van der Waals surface area contributed by atoms with Crippen molar-refractivity contribution in [2.24, 2.45) is 0 Å². The first-order chi connectivity index (χ1) is 9.09. The molecule has 2 aromatic rings. The Morgan fingerprint density at radius 1 is 1.15 bits per heavy atom. The molecule has 0 aliphatic rings. The summed E-state index contributed by atoms with van der Waals surface area (Å²) in [6.45, 7) is 5.84.